The van der Waals surface area contributed by atoms with Crippen LogP contribution in [0.15, 0.2) is 0 Å². The van der Waals surface area contributed by atoms with Crippen LogP contribution in [0.3, 0.4) is 0 Å². The molecule has 1 rings (SSSR count). The van der Waals surface area contributed by atoms with Gasteiger partial charge in [-0.05, 0) is 53.1 Å². The normalized spacial score (nSPS) is 22.8. The monoisotopic (exact) mass is 255 g/mol. The average Bonchev–Trinajstić information content (AvgIpc) is 2.37. The van der Waals surface area contributed by atoms with Gasteiger partial charge in [0.1, 0.15) is 0 Å². The molecule has 18 heavy (non-hydrogen) atoms. The minimum absolute atomic E-state index is 0.219. The molecule has 0 radical (unpaired) electrons. The van der Waals surface area contributed by atoms with Crippen molar-refractivity contribution in [3.8, 4) is 0 Å². The molecule has 1 heterocycles. The van der Waals surface area contributed by atoms with Crippen molar-refractivity contribution < 1.29 is 4.79 Å². The Morgan fingerprint density at radius 3 is 2.67 bits per heavy atom. The second kappa shape index (κ2) is 7.74. The second-order valence-electron chi connectivity index (χ2n) is 5.40. The van der Waals surface area contributed by atoms with Crippen LogP contribution >= 0.6 is 0 Å². The summed E-state index contributed by atoms with van der Waals surface area (Å²) >= 11 is 0. The Labute approximate surface area is 112 Å². The molecule has 0 aromatic heterocycles. The smallest absolute Gasteiger partial charge is 0.236 e. The number of carbonyl (C=O) groups is 1. The zero-order valence-electron chi connectivity index (χ0n) is 12.4. The lowest BCUT2D eigenvalue weighted by molar-refractivity contribution is -0.130. The van der Waals surface area contributed by atoms with E-state index in [1.165, 1.54) is 19.4 Å². The van der Waals surface area contributed by atoms with E-state index in [0.717, 1.165) is 19.6 Å². The van der Waals surface area contributed by atoms with Gasteiger partial charge in [-0.2, -0.15) is 0 Å². The number of rotatable bonds is 6. The molecule has 0 aromatic rings. The van der Waals surface area contributed by atoms with Gasteiger partial charge >= 0.3 is 0 Å². The molecule has 4 nitrogen and oxygen atoms in total. The van der Waals surface area contributed by atoms with Gasteiger partial charge in [-0.1, -0.05) is 0 Å². The minimum Gasteiger partial charge on any atom is -0.342 e. The molecule has 1 aliphatic heterocycles. The number of piperidine rings is 1. The summed E-state index contributed by atoms with van der Waals surface area (Å²) in [6.45, 7) is 10.7. The second-order valence-corrected chi connectivity index (χ2v) is 5.40. The van der Waals surface area contributed by atoms with Gasteiger partial charge in [0.15, 0.2) is 0 Å². The van der Waals surface area contributed by atoms with Crippen LogP contribution in [-0.2, 0) is 4.79 Å². The minimum atomic E-state index is 0.219. The molecule has 1 amide bonds. The molecule has 2 atom stereocenters. The van der Waals surface area contributed by atoms with Crippen molar-refractivity contribution in [2.75, 3.05) is 39.8 Å². The lowest BCUT2D eigenvalue weighted by Gasteiger charge is -2.34. The maximum atomic E-state index is 11.9. The van der Waals surface area contributed by atoms with E-state index in [0.29, 0.717) is 18.5 Å². The van der Waals surface area contributed by atoms with Crippen LogP contribution in [0.1, 0.15) is 33.6 Å². The molecule has 1 fully saturated rings. The van der Waals surface area contributed by atoms with Crippen molar-refractivity contribution in [3.63, 3.8) is 0 Å². The number of carbonyl (C=O) groups excluding carboxylic acids is 1. The fourth-order valence-electron chi connectivity index (χ4n) is 2.72. The van der Waals surface area contributed by atoms with Gasteiger partial charge in [0.05, 0.1) is 6.54 Å². The van der Waals surface area contributed by atoms with Crippen LogP contribution in [-0.4, -0.2) is 61.5 Å². The quantitative estimate of drug-likeness (QED) is 0.774. The highest BCUT2D eigenvalue weighted by atomic mass is 16.2. The van der Waals surface area contributed by atoms with Gasteiger partial charge in [-0.25, -0.2) is 0 Å². The number of nitrogens with one attached hydrogen (secondary N) is 1. The number of nitrogens with zero attached hydrogens (tertiary/aromatic N) is 2. The van der Waals surface area contributed by atoms with Gasteiger partial charge in [-0.3, -0.25) is 4.79 Å². The zero-order chi connectivity index (χ0) is 13.5. The molecule has 1 saturated heterocycles. The van der Waals surface area contributed by atoms with Gasteiger partial charge in [0.2, 0.25) is 5.91 Å². The van der Waals surface area contributed by atoms with Crippen LogP contribution < -0.4 is 5.32 Å². The Morgan fingerprint density at radius 1 is 1.44 bits per heavy atom. The van der Waals surface area contributed by atoms with Crippen molar-refractivity contribution in [1.82, 2.24) is 15.1 Å². The summed E-state index contributed by atoms with van der Waals surface area (Å²) in [5, 5.41) is 3.40. The van der Waals surface area contributed by atoms with Crippen molar-refractivity contribution in [2.45, 2.75) is 39.7 Å². The molecular formula is C14H29N3O. The van der Waals surface area contributed by atoms with E-state index in [9.17, 15) is 4.79 Å². The highest BCUT2D eigenvalue weighted by Gasteiger charge is 2.23. The lowest BCUT2D eigenvalue weighted by Crippen LogP contribution is -2.46. The molecule has 106 valence electrons. The van der Waals surface area contributed by atoms with E-state index in [1.807, 2.05) is 18.7 Å². The molecule has 0 aromatic carbocycles. The predicted molar refractivity (Wildman–Crippen MR) is 75.6 cm³/mol. The number of likely N-dealkylation sites (N-methyl/N-ethyl adjacent to an activating group) is 1. The van der Waals surface area contributed by atoms with Gasteiger partial charge in [-0.15, -0.1) is 0 Å². The Kier molecular flexibility index (Phi) is 6.65. The summed E-state index contributed by atoms with van der Waals surface area (Å²) in [5.41, 5.74) is 0. The van der Waals surface area contributed by atoms with E-state index < -0.39 is 0 Å². The van der Waals surface area contributed by atoms with Gasteiger partial charge < -0.3 is 15.1 Å². The summed E-state index contributed by atoms with van der Waals surface area (Å²) in [5.74, 6) is 0.893. The van der Waals surface area contributed by atoms with E-state index in [4.69, 9.17) is 0 Å². The van der Waals surface area contributed by atoms with Crippen molar-refractivity contribution in [1.29, 1.82) is 0 Å². The van der Waals surface area contributed by atoms with E-state index in [-0.39, 0.29) is 5.91 Å². The Balaban J connectivity index is 2.31. The van der Waals surface area contributed by atoms with Crippen LogP contribution in [0, 0.1) is 5.92 Å². The van der Waals surface area contributed by atoms with Crippen molar-refractivity contribution in [2.24, 2.45) is 5.92 Å². The molecule has 0 saturated carbocycles. The highest BCUT2D eigenvalue weighted by molar-refractivity contribution is 5.78. The van der Waals surface area contributed by atoms with Crippen LogP contribution in [0.5, 0.6) is 0 Å². The van der Waals surface area contributed by atoms with E-state index >= 15 is 0 Å². The van der Waals surface area contributed by atoms with Crippen molar-refractivity contribution >= 4 is 5.91 Å². The maximum Gasteiger partial charge on any atom is 0.236 e. The number of amides is 1. The van der Waals surface area contributed by atoms with Crippen LogP contribution in [0.2, 0.25) is 0 Å². The molecule has 0 bridgehead atoms. The first-order valence-electron chi connectivity index (χ1n) is 7.28. The molecule has 1 aliphatic rings. The maximum absolute atomic E-state index is 11.9. The molecular weight excluding hydrogens is 226 g/mol. The third kappa shape index (κ3) is 4.58. The topological polar surface area (TPSA) is 35.6 Å². The first kappa shape index (κ1) is 15.4. The van der Waals surface area contributed by atoms with Gasteiger partial charge in [0, 0.05) is 25.7 Å². The third-order valence-electron chi connectivity index (χ3n) is 4.06. The van der Waals surface area contributed by atoms with Crippen LogP contribution in [0.4, 0.5) is 0 Å². The Morgan fingerprint density at radius 2 is 2.11 bits per heavy atom. The lowest BCUT2D eigenvalue weighted by atomic mass is 9.92. The average molecular weight is 255 g/mol. The molecule has 1 N–H and O–H groups in total. The summed E-state index contributed by atoms with van der Waals surface area (Å²) in [4.78, 5) is 16.2. The standard InChI is InChI=1S/C14H29N3O/c1-5-17(6-2)14(18)10-15-12(3)13-8-7-9-16(4)11-13/h12-13,15H,5-11H2,1-4H3. The largest absolute Gasteiger partial charge is 0.342 e. The fourth-order valence-corrected chi connectivity index (χ4v) is 2.72. The Hall–Kier alpha value is -0.610. The summed E-state index contributed by atoms with van der Waals surface area (Å²) in [6.07, 6.45) is 2.55. The molecule has 0 aliphatic carbocycles. The van der Waals surface area contributed by atoms with Crippen LogP contribution in [0.25, 0.3) is 0 Å². The molecule has 4 heteroatoms. The van der Waals surface area contributed by atoms with Crippen molar-refractivity contribution in [3.05, 3.63) is 0 Å². The summed E-state index contributed by atoms with van der Waals surface area (Å²) < 4.78 is 0. The summed E-state index contributed by atoms with van der Waals surface area (Å²) in [6, 6.07) is 0.423. The molecule has 2 unspecified atom stereocenters. The van der Waals surface area contributed by atoms with E-state index in [1.54, 1.807) is 0 Å². The van der Waals surface area contributed by atoms with Gasteiger partial charge in [0.25, 0.3) is 0 Å². The summed E-state index contributed by atoms with van der Waals surface area (Å²) in [7, 11) is 2.18. The predicted octanol–water partition coefficient (Wildman–Crippen LogP) is 1.17. The SMILES string of the molecule is CCN(CC)C(=O)CNC(C)C1CCCN(C)C1. The first-order chi connectivity index (χ1) is 8.58. The Bertz CT molecular complexity index is 253. The first-order valence-corrected chi connectivity index (χ1v) is 7.28. The zero-order valence-corrected chi connectivity index (χ0v) is 12.4. The fraction of sp³-hybridized carbons (Fsp3) is 0.929. The highest BCUT2D eigenvalue weighted by Crippen LogP contribution is 2.18. The van der Waals surface area contributed by atoms with E-state index in [2.05, 4.69) is 24.2 Å². The number of hydrogen-bond acceptors (Lipinski definition) is 3. The number of likely N-dealkylation sites (tertiary alicyclic amines) is 1. The third-order valence-corrected chi connectivity index (χ3v) is 4.06. The number of hydrogen-bond donors (Lipinski definition) is 1. The molecule has 0 spiro atoms.